The highest BCUT2D eigenvalue weighted by Gasteiger charge is 2.18. The van der Waals surface area contributed by atoms with Gasteiger partial charge in [0, 0.05) is 94.3 Å². The average molecular weight is 999 g/mol. The van der Waals surface area contributed by atoms with Crippen molar-refractivity contribution in [1.29, 1.82) is 0 Å². The zero-order chi connectivity index (χ0) is 52.7. The van der Waals surface area contributed by atoms with Crippen molar-refractivity contribution in [2.45, 2.75) is 63.8 Å². The number of nitro groups is 3. The van der Waals surface area contributed by atoms with Gasteiger partial charge in [0.05, 0.1) is 14.8 Å². The molecule has 6 aromatic rings. The van der Waals surface area contributed by atoms with Crippen LogP contribution in [0.3, 0.4) is 0 Å². The Hall–Kier alpha value is -9.51. The van der Waals surface area contributed by atoms with Gasteiger partial charge in [-0.25, -0.2) is 14.8 Å². The molecule has 6 rings (SSSR count). The van der Waals surface area contributed by atoms with Gasteiger partial charge in [-0.05, 0) is 52.7 Å². The number of anilines is 8. The van der Waals surface area contributed by atoms with Crippen LogP contribution in [0, 0.1) is 71.9 Å². The summed E-state index contributed by atoms with van der Waals surface area (Å²) in [5, 5.41) is 34.0. The van der Waals surface area contributed by atoms with E-state index >= 15 is 0 Å². The average Bonchev–Trinajstić information content (AvgIpc) is 3.26. The Morgan fingerprint density at radius 2 is 0.986 bits per heavy atom. The minimum Gasteiger partial charge on any atom is -0.385 e. The fourth-order valence-electron chi connectivity index (χ4n) is 4.90. The Labute approximate surface area is 407 Å². The van der Waals surface area contributed by atoms with E-state index in [9.17, 15) is 49.5 Å². The quantitative estimate of drug-likeness (QED) is 0.0928. The summed E-state index contributed by atoms with van der Waals surface area (Å²) in [5.41, 5.74) is 38.9. The van der Waals surface area contributed by atoms with Crippen LogP contribution < -0.4 is 67.8 Å². The maximum absolute atomic E-state index is 11.2. The van der Waals surface area contributed by atoms with E-state index in [0.29, 0.717) is 33.9 Å². The highest BCUT2D eigenvalue weighted by molar-refractivity contribution is 5.59. The fourth-order valence-corrected chi connectivity index (χ4v) is 4.90. The number of nitrogens with zero attached hydrogens (tertiary/aromatic N) is 12. The van der Waals surface area contributed by atoms with Gasteiger partial charge >= 0.3 is 28.3 Å². The molecule has 6 aromatic heterocycles. The van der Waals surface area contributed by atoms with E-state index < -0.39 is 26.0 Å². The van der Waals surface area contributed by atoms with Crippen LogP contribution in [0.25, 0.3) is 0 Å². The van der Waals surface area contributed by atoms with Crippen molar-refractivity contribution in [2.75, 3.05) is 52.5 Å². The van der Waals surface area contributed by atoms with Gasteiger partial charge in [0.1, 0.15) is 23.3 Å². The number of nitrogen functional groups attached to an aromatic ring is 7. The van der Waals surface area contributed by atoms with Gasteiger partial charge in [0.25, 0.3) is 11.1 Å². The molecular formula is C41H66N20O10. The van der Waals surface area contributed by atoms with Crippen molar-refractivity contribution >= 4 is 63.9 Å². The second kappa shape index (κ2) is 28.6. The molecule has 390 valence electrons. The molecule has 30 nitrogen and oxygen atoms in total. The molecular weight excluding hydrogens is 933 g/mol. The Morgan fingerprint density at radius 1 is 0.521 bits per heavy atom. The Kier molecular flexibility index (Phi) is 26.5. The third-order valence-electron chi connectivity index (χ3n) is 8.95. The lowest BCUT2D eigenvalue weighted by atomic mass is 10.2. The summed E-state index contributed by atoms with van der Waals surface area (Å²) in [5.74, 6) is 1.75. The largest absolute Gasteiger partial charge is 0.385 e. The van der Waals surface area contributed by atoms with Gasteiger partial charge in [0.15, 0.2) is 5.82 Å². The molecule has 0 radical (unpaired) electrons. The first kappa shape index (κ1) is 65.8. The molecule has 0 saturated carbocycles. The molecule has 0 aliphatic carbocycles. The summed E-state index contributed by atoms with van der Waals surface area (Å²) < 4.78 is 5.19. The number of hydrogen-bond donors (Lipinski definition) is 8. The number of aromatic nitrogens is 9. The minimum atomic E-state index is -0.714. The normalized spacial score (nSPS) is 9.39. The molecule has 0 unspecified atom stereocenters. The van der Waals surface area contributed by atoms with Crippen molar-refractivity contribution in [1.82, 2.24) is 43.2 Å². The molecule has 0 aliphatic heterocycles. The molecule has 0 spiro atoms. The van der Waals surface area contributed by atoms with E-state index in [0.717, 1.165) is 20.3 Å². The summed E-state index contributed by atoms with van der Waals surface area (Å²) in [6.07, 6.45) is 5.00. The number of aryl methyl sites for hydroxylation is 8. The number of rotatable bonds is 4. The molecule has 0 saturated heterocycles. The van der Waals surface area contributed by atoms with Crippen LogP contribution in [0.4, 0.5) is 63.9 Å². The molecule has 0 amide bonds. The lowest BCUT2D eigenvalue weighted by Gasteiger charge is -2.05. The van der Waals surface area contributed by atoms with Crippen LogP contribution in [-0.4, -0.2) is 65.0 Å². The molecule has 0 bridgehead atoms. The van der Waals surface area contributed by atoms with Crippen LogP contribution in [0.5, 0.6) is 0 Å². The van der Waals surface area contributed by atoms with Crippen molar-refractivity contribution in [3.63, 3.8) is 0 Å². The van der Waals surface area contributed by atoms with E-state index in [-0.39, 0.29) is 85.6 Å². The Balaban J connectivity index is -0.000000778. The lowest BCUT2D eigenvalue weighted by molar-refractivity contribution is -0.386. The van der Waals surface area contributed by atoms with Gasteiger partial charge in [0.2, 0.25) is 17.7 Å². The second-order valence-electron chi connectivity index (χ2n) is 14.2. The zero-order valence-electron chi connectivity index (χ0n) is 39.0. The van der Waals surface area contributed by atoms with Crippen LogP contribution in [-0.2, 0) is 28.2 Å². The molecule has 0 atom stereocenters. The van der Waals surface area contributed by atoms with Crippen LogP contribution in [0.15, 0.2) is 56.0 Å². The van der Waals surface area contributed by atoms with Crippen molar-refractivity contribution in [3.8, 4) is 0 Å². The van der Waals surface area contributed by atoms with Gasteiger partial charge in [-0.2, -0.15) is 15.0 Å². The first-order valence-electron chi connectivity index (χ1n) is 19.1. The van der Waals surface area contributed by atoms with E-state index in [1.807, 2.05) is 13.8 Å². The fraction of sp³-hybridized carbons (Fsp3) is 0.341. The SMILES string of the molecule is C.C.C.CNc1nc(=O)n(C)cc1C.Cc1cc([N+](=O)[O-])c(=O)n(C)c1N.Cc1cc([N+](=O)[O-])c(N)n(C)c1=O.Cc1cc([N+](=O)[O-])c(N)nc1N.Cc1cn(C)c(N)nc1=O.Cc1cnc(N)nc1N. The van der Waals surface area contributed by atoms with E-state index in [2.05, 4.69) is 30.2 Å². The summed E-state index contributed by atoms with van der Waals surface area (Å²) in [7, 11) is 7.97. The van der Waals surface area contributed by atoms with Gasteiger partial charge in [-0.15, -0.1) is 0 Å². The maximum atomic E-state index is 11.2. The number of nitrogens with one attached hydrogen (secondary N) is 1. The van der Waals surface area contributed by atoms with Gasteiger partial charge in [-0.1, -0.05) is 22.3 Å². The highest BCUT2D eigenvalue weighted by atomic mass is 16.6. The summed E-state index contributed by atoms with van der Waals surface area (Å²) in [6.45, 7) is 10.2. The van der Waals surface area contributed by atoms with Crippen LogP contribution in [0.2, 0.25) is 0 Å². The molecule has 0 fully saturated rings. The Bertz CT molecular complexity index is 3070. The molecule has 71 heavy (non-hydrogen) atoms. The molecule has 15 N–H and O–H groups in total. The predicted molar refractivity (Wildman–Crippen MR) is 278 cm³/mol. The number of nitrogens with two attached hydrogens (primary N) is 7. The van der Waals surface area contributed by atoms with E-state index in [1.54, 1.807) is 65.1 Å². The van der Waals surface area contributed by atoms with E-state index in [1.165, 1.54) is 43.8 Å². The van der Waals surface area contributed by atoms with Crippen LogP contribution >= 0.6 is 0 Å². The standard InChI is InChI=1S/2C7H9N3O3.C7H11N3O.C6H8N4O2.C6H9N3O.C5H8N4.3CH4/c1-4-3-5(10(12)13)6(8)9(2)7(4)11;1-4-3-5(10(12)13)7(11)9(2)6(4)8;1-5-4-10(3)7(11)9-6(5)8-2;1-3-2-4(10(11)12)6(8)9-5(3)7;1-4-3-9(2)6(7)8-5(4)10;1-3-2-8-5(7)9-4(3)6;;;/h2*3H,8H2,1-2H3;4H,1-3H3,(H,8,9,11);2H,1H3,(H4,7,8,9);3H,1-2H3,(H2,7,8,10);2H,1H3,(H4,6,7,8,9);3*1H4. The summed E-state index contributed by atoms with van der Waals surface area (Å²) in [4.78, 5) is 91.9. The topological polar surface area (TPSA) is 476 Å². The van der Waals surface area contributed by atoms with Gasteiger partial charge < -0.3 is 54.6 Å². The minimum absolute atomic E-state index is 0. The monoisotopic (exact) mass is 999 g/mol. The summed E-state index contributed by atoms with van der Waals surface area (Å²) >= 11 is 0. The molecule has 0 aromatic carbocycles. The number of hydrogen-bond acceptors (Lipinski definition) is 23. The smallest absolute Gasteiger partial charge is 0.349 e. The van der Waals surface area contributed by atoms with Crippen molar-refractivity contribution in [2.24, 2.45) is 28.2 Å². The van der Waals surface area contributed by atoms with Gasteiger partial charge in [-0.3, -0.25) is 53.9 Å². The number of pyridine rings is 3. The molecule has 30 heteroatoms. The van der Waals surface area contributed by atoms with E-state index in [4.69, 9.17) is 40.1 Å². The first-order chi connectivity index (χ1) is 31.4. The lowest BCUT2D eigenvalue weighted by Crippen LogP contribution is -2.23. The third kappa shape index (κ3) is 18.6. The zero-order valence-corrected chi connectivity index (χ0v) is 39.0. The molecule has 0 aliphatic rings. The van der Waals surface area contributed by atoms with Crippen molar-refractivity contribution < 1.29 is 14.8 Å². The predicted octanol–water partition coefficient (Wildman–Crippen LogP) is 2.49. The Morgan fingerprint density at radius 3 is 1.45 bits per heavy atom. The summed E-state index contributed by atoms with van der Waals surface area (Å²) in [6, 6.07) is 3.66. The first-order valence-corrected chi connectivity index (χ1v) is 19.1. The van der Waals surface area contributed by atoms with Crippen LogP contribution in [0.1, 0.15) is 55.7 Å². The maximum Gasteiger partial charge on any atom is 0.349 e. The second-order valence-corrected chi connectivity index (χ2v) is 14.2. The molecule has 6 heterocycles. The third-order valence-corrected chi connectivity index (χ3v) is 8.95. The highest BCUT2D eigenvalue weighted by Crippen LogP contribution is 2.23. The van der Waals surface area contributed by atoms with Crippen molar-refractivity contribution in [3.05, 3.63) is 142 Å².